The molecule has 3 atom stereocenters. The van der Waals surface area contributed by atoms with Gasteiger partial charge >= 0.3 is 12.0 Å². The Morgan fingerprint density at radius 2 is 1.39 bits per heavy atom. The quantitative estimate of drug-likeness (QED) is 0.136. The van der Waals surface area contributed by atoms with Gasteiger partial charge in [-0.15, -0.1) is 0 Å². The molecule has 0 radical (unpaired) electrons. The number of ether oxygens (including phenoxy) is 4. The van der Waals surface area contributed by atoms with Crippen LogP contribution in [0.2, 0.25) is 0 Å². The lowest BCUT2D eigenvalue weighted by Gasteiger charge is -2.26. The number of carbonyl (C=O) groups excluding carboxylic acids is 4. The zero-order valence-corrected chi connectivity index (χ0v) is 32.5. The summed E-state index contributed by atoms with van der Waals surface area (Å²) in [5, 5.41) is 15.2. The number of amides is 3. The van der Waals surface area contributed by atoms with Crippen molar-refractivity contribution in [3.63, 3.8) is 0 Å². The number of nitrogens with one attached hydrogen (secondary N) is 2. The summed E-state index contributed by atoms with van der Waals surface area (Å²) in [6, 6.07) is 11.5. The Bertz CT molecular complexity index is 1530. The zero-order chi connectivity index (χ0) is 39.9. The minimum Gasteiger partial charge on any atom is -0.488 e. The van der Waals surface area contributed by atoms with Crippen LogP contribution in [-0.2, 0) is 41.5 Å². The molecule has 298 valence electrons. The molecule has 0 bridgehead atoms. The number of urea groups is 1. The number of hydrogen-bond acceptors (Lipinski definition) is 10. The highest BCUT2D eigenvalue weighted by Crippen LogP contribution is 2.23. The van der Waals surface area contributed by atoms with Crippen LogP contribution in [-0.4, -0.2) is 109 Å². The maximum Gasteiger partial charge on any atom is 0.326 e. The number of hydrogen-bond donors (Lipinski definition) is 4. The van der Waals surface area contributed by atoms with Crippen LogP contribution < -0.4 is 25.8 Å². The molecule has 2 aromatic carbocycles. The number of aliphatic carboxylic acids is 1. The highest BCUT2D eigenvalue weighted by atomic mass is 16.5. The monoisotopic (exact) mass is 754 g/mol. The van der Waals surface area contributed by atoms with E-state index in [1.807, 2.05) is 53.7 Å². The number of carboxylic acids is 1. The van der Waals surface area contributed by atoms with Gasteiger partial charge in [0, 0.05) is 31.8 Å². The van der Waals surface area contributed by atoms with Gasteiger partial charge in [-0.25, -0.2) is 9.59 Å². The van der Waals surface area contributed by atoms with E-state index in [0.29, 0.717) is 43.1 Å². The van der Waals surface area contributed by atoms with E-state index < -0.39 is 47.3 Å². The summed E-state index contributed by atoms with van der Waals surface area (Å²) in [6.07, 6.45) is 1.03. The summed E-state index contributed by atoms with van der Waals surface area (Å²) in [6.45, 7) is 12.5. The Morgan fingerprint density at radius 1 is 0.833 bits per heavy atom. The smallest absolute Gasteiger partial charge is 0.326 e. The SMILES string of the molecule is CC(C)(C)Oc1ccc(C[C@H](CC(=O)COCCOCCN)C(=O)NCC(=O)C2CCCN2C(=O)N[C@@H](Cc2ccc(OC(C)(C)C)cc2)C(=O)O)cc1. The van der Waals surface area contributed by atoms with Crippen LogP contribution in [0.15, 0.2) is 48.5 Å². The zero-order valence-electron chi connectivity index (χ0n) is 32.5. The Kier molecular flexibility index (Phi) is 16.9. The fourth-order valence-corrected chi connectivity index (χ4v) is 5.91. The molecule has 1 heterocycles. The molecular formula is C40H58N4O10. The molecule has 54 heavy (non-hydrogen) atoms. The second-order valence-corrected chi connectivity index (χ2v) is 15.4. The minimum absolute atomic E-state index is 0.0267. The third-order valence-electron chi connectivity index (χ3n) is 8.28. The maximum atomic E-state index is 13.5. The van der Waals surface area contributed by atoms with Gasteiger partial charge in [0.2, 0.25) is 5.91 Å². The standard InChI is InChI=1S/C40H58N4O10/c1-39(2,3)53-31-13-9-27(10-14-31)22-29(24-30(45)26-52-21-20-51-19-17-41)36(47)42-25-35(46)34-8-7-18-44(34)38(50)43-33(37(48)49)23-28-11-15-32(16-12-28)54-40(4,5)6/h9-16,29,33-34H,7-8,17-26,41H2,1-6H3,(H,42,47)(H,43,50)(H,48,49)/t29-,33+,34?/m1/s1. The van der Waals surface area contributed by atoms with E-state index in [1.54, 1.807) is 36.4 Å². The lowest BCUT2D eigenvalue weighted by Crippen LogP contribution is -2.53. The fraction of sp³-hybridized carbons (Fsp3) is 0.575. The van der Waals surface area contributed by atoms with Crippen molar-refractivity contribution in [2.45, 2.75) is 96.9 Å². The second-order valence-electron chi connectivity index (χ2n) is 15.4. The summed E-state index contributed by atoms with van der Waals surface area (Å²) in [5.41, 5.74) is 6.11. The molecule has 2 aromatic rings. The average molecular weight is 755 g/mol. The molecule has 14 nitrogen and oxygen atoms in total. The van der Waals surface area contributed by atoms with Gasteiger partial charge < -0.3 is 45.3 Å². The van der Waals surface area contributed by atoms with Crippen molar-refractivity contribution in [2.24, 2.45) is 11.7 Å². The van der Waals surface area contributed by atoms with Crippen molar-refractivity contribution in [3.05, 3.63) is 59.7 Å². The van der Waals surface area contributed by atoms with Crippen LogP contribution in [0.4, 0.5) is 4.79 Å². The van der Waals surface area contributed by atoms with Crippen molar-refractivity contribution in [3.8, 4) is 11.5 Å². The molecule has 1 fully saturated rings. The van der Waals surface area contributed by atoms with E-state index in [4.69, 9.17) is 24.7 Å². The van der Waals surface area contributed by atoms with E-state index in [1.165, 1.54) is 4.90 Å². The van der Waals surface area contributed by atoms with Crippen molar-refractivity contribution in [2.75, 3.05) is 46.1 Å². The van der Waals surface area contributed by atoms with Crippen LogP contribution in [0, 0.1) is 5.92 Å². The van der Waals surface area contributed by atoms with Crippen molar-refractivity contribution < 1.29 is 48.0 Å². The lowest BCUT2D eigenvalue weighted by atomic mass is 9.93. The van der Waals surface area contributed by atoms with Crippen LogP contribution in [0.25, 0.3) is 0 Å². The first-order valence-corrected chi connectivity index (χ1v) is 18.5. The molecule has 0 aliphatic carbocycles. The summed E-state index contributed by atoms with van der Waals surface area (Å²) < 4.78 is 22.4. The molecule has 1 saturated heterocycles. The highest BCUT2D eigenvalue weighted by Gasteiger charge is 2.36. The molecule has 1 aliphatic heterocycles. The third kappa shape index (κ3) is 15.8. The van der Waals surface area contributed by atoms with Gasteiger partial charge in [-0.2, -0.15) is 0 Å². The molecule has 1 unspecified atom stereocenters. The minimum atomic E-state index is -1.24. The number of nitrogens with zero attached hydrogens (tertiary/aromatic N) is 1. The number of rotatable bonds is 21. The van der Waals surface area contributed by atoms with Gasteiger partial charge in [-0.1, -0.05) is 24.3 Å². The first kappa shape index (κ1) is 43.9. The molecule has 0 saturated carbocycles. The number of likely N-dealkylation sites (tertiary alicyclic amines) is 1. The van der Waals surface area contributed by atoms with Gasteiger partial charge in [0.1, 0.15) is 35.3 Å². The summed E-state index contributed by atoms with van der Waals surface area (Å²) in [4.78, 5) is 66.6. The maximum absolute atomic E-state index is 13.5. The molecule has 0 spiro atoms. The van der Waals surface area contributed by atoms with E-state index in [-0.39, 0.29) is 63.6 Å². The van der Waals surface area contributed by atoms with Crippen molar-refractivity contribution in [1.29, 1.82) is 0 Å². The number of Topliss-reactive ketones (excluding diaryl/α,β-unsaturated/α-hetero) is 2. The van der Waals surface area contributed by atoms with Crippen LogP contribution >= 0.6 is 0 Å². The predicted octanol–water partition coefficient (Wildman–Crippen LogP) is 3.71. The van der Waals surface area contributed by atoms with Gasteiger partial charge in [-0.3, -0.25) is 14.4 Å². The number of carboxylic acid groups (broad SMARTS) is 1. The number of carbonyl (C=O) groups is 5. The Morgan fingerprint density at radius 3 is 1.93 bits per heavy atom. The average Bonchev–Trinajstić information content (AvgIpc) is 3.59. The normalized spacial score (nSPS) is 15.6. The first-order chi connectivity index (χ1) is 25.4. The molecule has 14 heteroatoms. The Balaban J connectivity index is 1.62. The molecule has 3 rings (SSSR count). The second kappa shape index (κ2) is 20.8. The van der Waals surface area contributed by atoms with Gasteiger partial charge in [0.15, 0.2) is 11.6 Å². The summed E-state index contributed by atoms with van der Waals surface area (Å²) >= 11 is 0. The number of nitrogens with two attached hydrogens (primary N) is 1. The summed E-state index contributed by atoms with van der Waals surface area (Å²) in [7, 11) is 0. The van der Waals surface area contributed by atoms with E-state index >= 15 is 0 Å². The predicted molar refractivity (Wildman–Crippen MR) is 203 cm³/mol. The van der Waals surface area contributed by atoms with Gasteiger partial charge in [0.25, 0.3) is 0 Å². The van der Waals surface area contributed by atoms with E-state index in [9.17, 15) is 29.1 Å². The number of benzene rings is 2. The molecule has 5 N–H and O–H groups in total. The van der Waals surface area contributed by atoms with Gasteiger partial charge in [0.05, 0.1) is 32.4 Å². The molecule has 0 aromatic heterocycles. The number of ketones is 2. The van der Waals surface area contributed by atoms with E-state index in [0.717, 1.165) is 5.56 Å². The third-order valence-corrected chi connectivity index (χ3v) is 8.28. The fourth-order valence-electron chi connectivity index (χ4n) is 5.91. The van der Waals surface area contributed by atoms with Crippen molar-refractivity contribution >= 4 is 29.5 Å². The Labute approximate surface area is 318 Å². The van der Waals surface area contributed by atoms with Crippen LogP contribution in [0.1, 0.15) is 71.9 Å². The van der Waals surface area contributed by atoms with Crippen LogP contribution in [0.5, 0.6) is 11.5 Å². The topological polar surface area (TPSA) is 196 Å². The molecule has 3 amide bonds. The van der Waals surface area contributed by atoms with Crippen LogP contribution in [0.3, 0.4) is 0 Å². The lowest BCUT2D eigenvalue weighted by molar-refractivity contribution is -0.139. The van der Waals surface area contributed by atoms with E-state index in [2.05, 4.69) is 10.6 Å². The van der Waals surface area contributed by atoms with Gasteiger partial charge in [-0.05, 0) is 96.2 Å². The Hall–Kier alpha value is -4.53. The molecular weight excluding hydrogens is 696 g/mol. The highest BCUT2D eigenvalue weighted by molar-refractivity contribution is 5.94. The van der Waals surface area contributed by atoms with Crippen molar-refractivity contribution in [1.82, 2.24) is 15.5 Å². The largest absolute Gasteiger partial charge is 0.488 e. The summed E-state index contributed by atoms with van der Waals surface area (Å²) in [5.74, 6) is -1.88. The molecule has 1 aliphatic rings. The first-order valence-electron chi connectivity index (χ1n) is 18.5.